The predicted octanol–water partition coefficient (Wildman–Crippen LogP) is 2.20. The van der Waals surface area contributed by atoms with E-state index in [1.54, 1.807) is 38.5 Å². The number of hydrogen-bond donors (Lipinski definition) is 0. The van der Waals surface area contributed by atoms with Crippen molar-refractivity contribution in [1.29, 1.82) is 0 Å². The highest BCUT2D eigenvalue weighted by molar-refractivity contribution is 6.01. The zero-order valence-electron chi connectivity index (χ0n) is 13.7. The van der Waals surface area contributed by atoms with Gasteiger partial charge in [-0.2, -0.15) is 4.99 Å². The standard InChI is InChI=1S/C16H24N2O4/c1-5-18(6-2)16(22-11-10-20-3)17-15(19)13-8-7-9-14(12-13)21-4/h7-9,12H,5-6,10-11H2,1-4H3. The molecule has 0 aromatic heterocycles. The molecule has 0 atom stereocenters. The molecule has 0 saturated carbocycles. The molecule has 0 N–H and O–H groups in total. The number of ether oxygens (including phenoxy) is 3. The van der Waals surface area contributed by atoms with Crippen molar-refractivity contribution in [3.8, 4) is 5.75 Å². The second kappa shape index (κ2) is 9.78. The summed E-state index contributed by atoms with van der Waals surface area (Å²) >= 11 is 0. The molecule has 0 saturated heterocycles. The van der Waals surface area contributed by atoms with Gasteiger partial charge in [0.2, 0.25) is 0 Å². The summed E-state index contributed by atoms with van der Waals surface area (Å²) in [6.45, 7) is 6.15. The summed E-state index contributed by atoms with van der Waals surface area (Å²) < 4.78 is 15.7. The van der Waals surface area contributed by atoms with Crippen LogP contribution in [0.25, 0.3) is 0 Å². The van der Waals surface area contributed by atoms with Crippen molar-refractivity contribution in [1.82, 2.24) is 4.90 Å². The van der Waals surface area contributed by atoms with Gasteiger partial charge in [0, 0.05) is 25.8 Å². The summed E-state index contributed by atoms with van der Waals surface area (Å²) in [6, 6.07) is 7.20. The van der Waals surface area contributed by atoms with E-state index in [9.17, 15) is 4.79 Å². The Bertz CT molecular complexity index is 499. The molecule has 22 heavy (non-hydrogen) atoms. The number of aliphatic imine (C=N–C) groups is 1. The quantitative estimate of drug-likeness (QED) is 0.439. The second-order valence-electron chi connectivity index (χ2n) is 4.45. The molecule has 6 heteroatoms. The molecular weight excluding hydrogens is 284 g/mol. The van der Waals surface area contributed by atoms with Gasteiger partial charge in [0.25, 0.3) is 11.9 Å². The first kappa shape index (κ1) is 18.0. The smallest absolute Gasteiger partial charge is 0.295 e. The van der Waals surface area contributed by atoms with Crippen molar-refractivity contribution >= 4 is 11.9 Å². The molecule has 122 valence electrons. The third-order valence-electron chi connectivity index (χ3n) is 3.07. The average Bonchev–Trinajstić information content (AvgIpc) is 2.55. The molecule has 0 radical (unpaired) electrons. The third-order valence-corrected chi connectivity index (χ3v) is 3.07. The monoisotopic (exact) mass is 308 g/mol. The predicted molar refractivity (Wildman–Crippen MR) is 85.5 cm³/mol. The fourth-order valence-electron chi connectivity index (χ4n) is 1.81. The number of amides is 1. The van der Waals surface area contributed by atoms with E-state index in [1.807, 2.05) is 18.7 Å². The van der Waals surface area contributed by atoms with Gasteiger partial charge >= 0.3 is 0 Å². The maximum Gasteiger partial charge on any atom is 0.295 e. The van der Waals surface area contributed by atoms with Crippen LogP contribution < -0.4 is 4.74 Å². The molecule has 0 heterocycles. The van der Waals surface area contributed by atoms with E-state index in [0.29, 0.717) is 43.6 Å². The van der Waals surface area contributed by atoms with Crippen molar-refractivity contribution in [3.63, 3.8) is 0 Å². The van der Waals surface area contributed by atoms with E-state index >= 15 is 0 Å². The number of hydrogen-bond acceptors (Lipinski definition) is 4. The Labute approximate surface area is 131 Å². The fraction of sp³-hybridized carbons (Fsp3) is 0.500. The molecule has 1 rings (SSSR count). The van der Waals surface area contributed by atoms with Crippen LogP contribution in [0, 0.1) is 0 Å². The van der Waals surface area contributed by atoms with Crippen LogP contribution in [0.2, 0.25) is 0 Å². The van der Waals surface area contributed by atoms with Gasteiger partial charge in [-0.25, -0.2) is 0 Å². The van der Waals surface area contributed by atoms with E-state index in [0.717, 1.165) is 0 Å². The van der Waals surface area contributed by atoms with Crippen LogP contribution in [0.3, 0.4) is 0 Å². The Morgan fingerprint density at radius 3 is 2.50 bits per heavy atom. The minimum absolute atomic E-state index is 0.315. The van der Waals surface area contributed by atoms with Gasteiger partial charge in [-0.3, -0.25) is 4.79 Å². The normalized spacial score (nSPS) is 11.2. The van der Waals surface area contributed by atoms with Gasteiger partial charge in [0.05, 0.1) is 13.7 Å². The number of carbonyl (C=O) groups is 1. The van der Waals surface area contributed by atoms with Crippen molar-refractivity contribution in [2.45, 2.75) is 13.8 Å². The number of carbonyl (C=O) groups excluding carboxylic acids is 1. The van der Waals surface area contributed by atoms with Crippen molar-refractivity contribution in [2.24, 2.45) is 4.99 Å². The van der Waals surface area contributed by atoms with Gasteiger partial charge < -0.3 is 19.1 Å². The molecule has 1 aromatic rings. The molecule has 0 fully saturated rings. The van der Waals surface area contributed by atoms with Gasteiger partial charge in [-0.05, 0) is 32.0 Å². The SMILES string of the molecule is CCN(CC)C(=NC(=O)c1cccc(OC)c1)OCCOC. The molecule has 1 aromatic carbocycles. The molecule has 0 unspecified atom stereocenters. The van der Waals surface area contributed by atoms with Crippen molar-refractivity contribution in [2.75, 3.05) is 40.5 Å². The zero-order chi connectivity index (χ0) is 16.4. The first-order valence-corrected chi connectivity index (χ1v) is 7.30. The summed E-state index contributed by atoms with van der Waals surface area (Å²) in [4.78, 5) is 18.3. The number of methoxy groups -OCH3 is 2. The lowest BCUT2D eigenvalue weighted by atomic mass is 10.2. The molecule has 0 bridgehead atoms. The van der Waals surface area contributed by atoms with Crippen LogP contribution in [-0.4, -0.2) is 57.4 Å². The minimum Gasteiger partial charge on any atom is -0.497 e. The van der Waals surface area contributed by atoms with E-state index in [-0.39, 0.29) is 5.91 Å². The minimum atomic E-state index is -0.363. The van der Waals surface area contributed by atoms with Gasteiger partial charge in [0.1, 0.15) is 12.4 Å². The lowest BCUT2D eigenvalue weighted by Crippen LogP contribution is -2.34. The van der Waals surface area contributed by atoms with Crippen molar-refractivity contribution in [3.05, 3.63) is 29.8 Å². The lowest BCUT2D eigenvalue weighted by molar-refractivity contribution is 0.0982. The molecular formula is C16H24N2O4. The molecule has 0 spiro atoms. The molecule has 0 aliphatic carbocycles. The highest BCUT2D eigenvalue weighted by Crippen LogP contribution is 2.13. The van der Waals surface area contributed by atoms with Gasteiger partial charge in [-0.15, -0.1) is 0 Å². The Morgan fingerprint density at radius 1 is 1.18 bits per heavy atom. The molecule has 1 amide bonds. The molecule has 0 aliphatic heterocycles. The lowest BCUT2D eigenvalue weighted by Gasteiger charge is -2.22. The van der Waals surface area contributed by atoms with Crippen LogP contribution in [0.4, 0.5) is 0 Å². The summed E-state index contributed by atoms with van der Waals surface area (Å²) in [5.41, 5.74) is 0.458. The van der Waals surface area contributed by atoms with Gasteiger partial charge in [-0.1, -0.05) is 6.07 Å². The van der Waals surface area contributed by atoms with E-state index in [1.165, 1.54) is 0 Å². The van der Waals surface area contributed by atoms with E-state index in [2.05, 4.69) is 4.99 Å². The van der Waals surface area contributed by atoms with Crippen LogP contribution in [0.1, 0.15) is 24.2 Å². The maximum atomic E-state index is 12.3. The van der Waals surface area contributed by atoms with E-state index in [4.69, 9.17) is 14.2 Å². The van der Waals surface area contributed by atoms with Crippen LogP contribution >= 0.6 is 0 Å². The largest absolute Gasteiger partial charge is 0.497 e. The summed E-state index contributed by atoms with van der Waals surface area (Å²) in [6.07, 6.45) is 0. The van der Waals surface area contributed by atoms with Crippen LogP contribution in [0.15, 0.2) is 29.3 Å². The Morgan fingerprint density at radius 2 is 1.91 bits per heavy atom. The highest BCUT2D eigenvalue weighted by Gasteiger charge is 2.13. The zero-order valence-corrected chi connectivity index (χ0v) is 13.7. The average molecular weight is 308 g/mol. The maximum absolute atomic E-state index is 12.3. The van der Waals surface area contributed by atoms with Crippen LogP contribution in [0.5, 0.6) is 5.75 Å². The first-order chi connectivity index (χ1) is 10.7. The second-order valence-corrected chi connectivity index (χ2v) is 4.45. The third kappa shape index (κ3) is 5.37. The molecule has 0 aliphatic rings. The Balaban J connectivity index is 2.94. The summed E-state index contributed by atoms with van der Waals surface area (Å²) in [7, 11) is 3.15. The topological polar surface area (TPSA) is 60.4 Å². The Hall–Kier alpha value is -2.08. The number of rotatable bonds is 7. The number of benzene rings is 1. The summed E-state index contributed by atoms with van der Waals surface area (Å²) in [5, 5.41) is 0. The van der Waals surface area contributed by atoms with E-state index < -0.39 is 0 Å². The molecule has 6 nitrogen and oxygen atoms in total. The fourth-order valence-corrected chi connectivity index (χ4v) is 1.81. The number of amidine groups is 1. The first-order valence-electron chi connectivity index (χ1n) is 7.30. The van der Waals surface area contributed by atoms with Crippen LogP contribution in [-0.2, 0) is 9.47 Å². The van der Waals surface area contributed by atoms with Crippen molar-refractivity contribution < 1.29 is 19.0 Å². The highest BCUT2D eigenvalue weighted by atomic mass is 16.5. The summed E-state index contributed by atoms with van der Waals surface area (Å²) in [5.74, 6) is 0.254. The van der Waals surface area contributed by atoms with Gasteiger partial charge in [0.15, 0.2) is 0 Å². The Kier molecular flexibility index (Phi) is 7.99. The number of nitrogens with zero attached hydrogens (tertiary/aromatic N) is 2.